The van der Waals surface area contributed by atoms with Crippen molar-refractivity contribution in [2.75, 3.05) is 0 Å². The maximum atomic E-state index is 3.88. The maximum Gasteiger partial charge on any atom is 0.145 e. The quantitative estimate of drug-likeness (QED) is 0.399. The van der Waals surface area contributed by atoms with Gasteiger partial charge >= 0.3 is 0 Å². The van der Waals surface area contributed by atoms with Crippen molar-refractivity contribution in [1.29, 1.82) is 0 Å². The van der Waals surface area contributed by atoms with Crippen LogP contribution >= 0.6 is 0 Å². The molecule has 1 aliphatic rings. The second-order valence-corrected chi connectivity index (χ2v) is 2.26. The van der Waals surface area contributed by atoms with Gasteiger partial charge in [0.25, 0.3) is 0 Å². The standard InChI is InChI=1S/C6H10B/c1-5-3-4-7-6(5)2/h5H,2-4H2,1H3. The fourth-order valence-corrected chi connectivity index (χ4v) is 0.905. The van der Waals surface area contributed by atoms with Crippen molar-refractivity contribution in [2.24, 2.45) is 5.92 Å². The minimum absolute atomic E-state index is 0.764. The second-order valence-electron chi connectivity index (χ2n) is 2.26. The predicted molar refractivity (Wildman–Crippen MR) is 33.5 cm³/mol. The largest absolute Gasteiger partial charge is 0.145 e. The maximum absolute atomic E-state index is 3.88. The zero-order valence-electron chi connectivity index (χ0n) is 4.78. The van der Waals surface area contributed by atoms with Gasteiger partial charge in [-0.15, -0.1) is 12.1 Å². The number of rotatable bonds is 0. The van der Waals surface area contributed by atoms with E-state index in [0.717, 1.165) is 5.92 Å². The Balaban J connectivity index is 2.48. The van der Waals surface area contributed by atoms with Crippen LogP contribution in [0.1, 0.15) is 13.3 Å². The van der Waals surface area contributed by atoms with Gasteiger partial charge in [-0.1, -0.05) is 19.7 Å². The Morgan fingerprint density at radius 3 is 2.71 bits per heavy atom. The topological polar surface area (TPSA) is 0 Å². The molecule has 1 fully saturated rings. The van der Waals surface area contributed by atoms with E-state index in [4.69, 9.17) is 0 Å². The molecule has 1 atom stereocenters. The monoisotopic (exact) mass is 93.1 g/mol. The van der Waals surface area contributed by atoms with E-state index < -0.39 is 0 Å². The summed E-state index contributed by atoms with van der Waals surface area (Å²) in [5, 5.41) is 0. The van der Waals surface area contributed by atoms with Gasteiger partial charge in [0.1, 0.15) is 7.28 Å². The minimum Gasteiger partial charge on any atom is -0.113 e. The van der Waals surface area contributed by atoms with Gasteiger partial charge in [-0.05, 0) is 5.92 Å². The molecule has 1 rings (SSSR count). The van der Waals surface area contributed by atoms with Crippen LogP contribution in [0.4, 0.5) is 0 Å². The van der Waals surface area contributed by atoms with E-state index in [1.807, 2.05) is 0 Å². The lowest BCUT2D eigenvalue weighted by atomic mass is 9.72. The van der Waals surface area contributed by atoms with E-state index >= 15 is 0 Å². The van der Waals surface area contributed by atoms with Crippen LogP contribution in [0.15, 0.2) is 12.1 Å². The predicted octanol–water partition coefficient (Wildman–Crippen LogP) is 1.66. The smallest absolute Gasteiger partial charge is 0.113 e. The summed E-state index contributed by atoms with van der Waals surface area (Å²) in [5.74, 6) is 0.764. The first-order valence-electron chi connectivity index (χ1n) is 2.82. The molecule has 0 aliphatic carbocycles. The molecule has 0 saturated carbocycles. The van der Waals surface area contributed by atoms with Gasteiger partial charge in [0, 0.05) is 0 Å². The van der Waals surface area contributed by atoms with E-state index in [9.17, 15) is 0 Å². The van der Waals surface area contributed by atoms with E-state index in [1.165, 1.54) is 18.2 Å². The third-order valence-electron chi connectivity index (χ3n) is 1.64. The molecule has 0 N–H and O–H groups in total. The SMILES string of the molecule is C=C1[B]CCC1C. The molecule has 0 spiro atoms. The van der Waals surface area contributed by atoms with Gasteiger partial charge in [-0.3, -0.25) is 0 Å². The lowest BCUT2D eigenvalue weighted by molar-refractivity contribution is 0.715. The summed E-state index contributed by atoms with van der Waals surface area (Å²) in [7, 11) is 2.23. The Hall–Kier alpha value is -0.195. The van der Waals surface area contributed by atoms with Crippen LogP contribution in [0.2, 0.25) is 6.32 Å². The summed E-state index contributed by atoms with van der Waals surface area (Å²) < 4.78 is 0. The van der Waals surface area contributed by atoms with E-state index in [2.05, 4.69) is 20.8 Å². The van der Waals surface area contributed by atoms with Gasteiger partial charge in [0.15, 0.2) is 0 Å². The average Bonchev–Trinajstić information content (AvgIpc) is 1.91. The van der Waals surface area contributed by atoms with Crippen LogP contribution in [0.3, 0.4) is 0 Å². The van der Waals surface area contributed by atoms with E-state index in [0.29, 0.717) is 0 Å². The molecule has 0 aromatic heterocycles. The Bertz CT molecular complexity index is 86.2. The Morgan fingerprint density at radius 2 is 2.57 bits per heavy atom. The van der Waals surface area contributed by atoms with E-state index in [1.54, 1.807) is 0 Å². The first-order chi connectivity index (χ1) is 3.30. The molecular formula is C6H10B. The van der Waals surface area contributed by atoms with Crippen LogP contribution in [0.5, 0.6) is 0 Å². The number of hydrogen-bond donors (Lipinski definition) is 0. The fraction of sp³-hybridized carbons (Fsp3) is 0.667. The van der Waals surface area contributed by atoms with Gasteiger partial charge < -0.3 is 0 Å². The van der Waals surface area contributed by atoms with Gasteiger partial charge in [-0.2, -0.15) is 0 Å². The molecule has 1 saturated heterocycles. The molecule has 0 bridgehead atoms. The highest BCUT2D eigenvalue weighted by molar-refractivity contribution is 6.46. The first-order valence-corrected chi connectivity index (χ1v) is 2.82. The van der Waals surface area contributed by atoms with Crippen LogP contribution in [-0.4, -0.2) is 7.28 Å². The van der Waals surface area contributed by atoms with Crippen molar-refractivity contribution in [3.05, 3.63) is 12.1 Å². The molecule has 1 unspecified atom stereocenters. The molecular weight excluding hydrogens is 82.9 g/mol. The average molecular weight is 93.0 g/mol. The van der Waals surface area contributed by atoms with E-state index in [-0.39, 0.29) is 0 Å². The van der Waals surface area contributed by atoms with Crippen molar-refractivity contribution < 1.29 is 0 Å². The molecule has 0 amide bonds. The zero-order chi connectivity index (χ0) is 5.28. The van der Waals surface area contributed by atoms with Crippen LogP contribution in [0.25, 0.3) is 0 Å². The molecule has 1 radical (unpaired) electrons. The molecule has 37 valence electrons. The summed E-state index contributed by atoms with van der Waals surface area (Å²) >= 11 is 0. The van der Waals surface area contributed by atoms with Gasteiger partial charge in [0.2, 0.25) is 0 Å². The summed E-state index contributed by atoms with van der Waals surface area (Å²) in [4.78, 5) is 0. The molecule has 1 aliphatic heterocycles. The third-order valence-corrected chi connectivity index (χ3v) is 1.64. The summed E-state index contributed by atoms with van der Waals surface area (Å²) in [6.45, 7) is 6.11. The van der Waals surface area contributed by atoms with Crippen molar-refractivity contribution in [3.8, 4) is 0 Å². The molecule has 0 aromatic carbocycles. The lowest BCUT2D eigenvalue weighted by Gasteiger charge is -1.98. The molecule has 7 heavy (non-hydrogen) atoms. The number of allylic oxidation sites excluding steroid dienone is 1. The van der Waals surface area contributed by atoms with Crippen molar-refractivity contribution in [3.63, 3.8) is 0 Å². The van der Waals surface area contributed by atoms with Crippen molar-refractivity contribution in [2.45, 2.75) is 19.7 Å². The van der Waals surface area contributed by atoms with Gasteiger partial charge in [-0.25, -0.2) is 0 Å². The van der Waals surface area contributed by atoms with Crippen molar-refractivity contribution >= 4 is 7.28 Å². The highest BCUT2D eigenvalue weighted by Gasteiger charge is 2.13. The third kappa shape index (κ3) is 0.874. The minimum atomic E-state index is 0.764. The van der Waals surface area contributed by atoms with Crippen LogP contribution < -0.4 is 0 Å². The summed E-state index contributed by atoms with van der Waals surface area (Å²) in [6.07, 6.45) is 2.57. The van der Waals surface area contributed by atoms with Crippen LogP contribution in [0, 0.1) is 5.92 Å². The van der Waals surface area contributed by atoms with Crippen LogP contribution in [-0.2, 0) is 0 Å². The summed E-state index contributed by atoms with van der Waals surface area (Å²) in [5.41, 5.74) is 1.33. The highest BCUT2D eigenvalue weighted by atomic mass is 14.1. The Kier molecular flexibility index (Phi) is 1.22. The number of hydrogen-bond acceptors (Lipinski definition) is 0. The highest BCUT2D eigenvalue weighted by Crippen LogP contribution is 2.22. The zero-order valence-corrected chi connectivity index (χ0v) is 4.78. The van der Waals surface area contributed by atoms with Gasteiger partial charge in [0.05, 0.1) is 0 Å². The normalized spacial score (nSPS) is 30.4. The fourth-order valence-electron chi connectivity index (χ4n) is 0.905. The first kappa shape index (κ1) is 4.95. The lowest BCUT2D eigenvalue weighted by Crippen LogP contribution is -1.88. The summed E-state index contributed by atoms with van der Waals surface area (Å²) in [6, 6.07) is 0. The molecule has 1 heterocycles. The second kappa shape index (κ2) is 1.73. The Morgan fingerprint density at radius 1 is 1.86 bits per heavy atom. The molecule has 0 nitrogen and oxygen atoms in total. The molecule has 0 aromatic rings. The molecule has 1 heteroatoms. The Labute approximate surface area is 45.9 Å². The van der Waals surface area contributed by atoms with Crippen molar-refractivity contribution in [1.82, 2.24) is 0 Å².